The van der Waals surface area contributed by atoms with Crippen molar-refractivity contribution in [1.29, 1.82) is 0 Å². The standard InChI is InChI=1S/C20H13F3N4O2/c21-20(22,23)29-14-7-8-15(17(12-14)27-11-3-10-25-27)19(28)26-16-6-1-4-13-5-2-9-24-18(13)16/h1-12H,(H,26,28). The summed E-state index contributed by atoms with van der Waals surface area (Å²) in [5, 5.41) is 7.62. The second-order valence-electron chi connectivity index (χ2n) is 6.01. The predicted molar refractivity (Wildman–Crippen MR) is 99.9 cm³/mol. The van der Waals surface area contributed by atoms with Crippen LogP contribution in [0.2, 0.25) is 0 Å². The molecule has 0 atom stereocenters. The molecule has 0 aliphatic carbocycles. The van der Waals surface area contributed by atoms with Gasteiger partial charge in [0.15, 0.2) is 0 Å². The predicted octanol–water partition coefficient (Wildman–Crippen LogP) is 4.57. The highest BCUT2D eigenvalue weighted by molar-refractivity contribution is 6.10. The number of aromatic nitrogens is 3. The van der Waals surface area contributed by atoms with E-state index >= 15 is 0 Å². The van der Waals surface area contributed by atoms with E-state index < -0.39 is 18.0 Å². The summed E-state index contributed by atoms with van der Waals surface area (Å²) >= 11 is 0. The van der Waals surface area contributed by atoms with E-state index in [0.717, 1.165) is 17.5 Å². The molecule has 0 aliphatic rings. The van der Waals surface area contributed by atoms with Crippen molar-refractivity contribution in [2.45, 2.75) is 6.36 Å². The highest BCUT2D eigenvalue weighted by Crippen LogP contribution is 2.28. The van der Waals surface area contributed by atoms with Crippen molar-refractivity contribution in [3.63, 3.8) is 0 Å². The number of halogens is 3. The smallest absolute Gasteiger partial charge is 0.406 e. The van der Waals surface area contributed by atoms with E-state index in [2.05, 4.69) is 20.1 Å². The lowest BCUT2D eigenvalue weighted by Crippen LogP contribution is -2.19. The van der Waals surface area contributed by atoms with Gasteiger partial charge < -0.3 is 10.1 Å². The van der Waals surface area contributed by atoms with Gasteiger partial charge in [-0.1, -0.05) is 18.2 Å². The van der Waals surface area contributed by atoms with Gasteiger partial charge in [0.2, 0.25) is 0 Å². The molecule has 146 valence electrons. The maximum atomic E-state index is 12.9. The van der Waals surface area contributed by atoms with Crippen LogP contribution in [0.4, 0.5) is 18.9 Å². The zero-order chi connectivity index (χ0) is 20.4. The van der Waals surface area contributed by atoms with Crippen LogP contribution < -0.4 is 10.1 Å². The van der Waals surface area contributed by atoms with Crippen LogP contribution in [0.3, 0.4) is 0 Å². The molecule has 29 heavy (non-hydrogen) atoms. The number of alkyl halides is 3. The summed E-state index contributed by atoms with van der Waals surface area (Å²) in [6.45, 7) is 0. The SMILES string of the molecule is O=C(Nc1cccc2cccnc12)c1ccc(OC(F)(F)F)cc1-n1cccn1. The number of para-hydroxylation sites is 1. The van der Waals surface area contributed by atoms with E-state index in [1.165, 1.54) is 23.1 Å². The molecule has 0 saturated carbocycles. The number of nitrogens with one attached hydrogen (secondary N) is 1. The molecule has 0 spiro atoms. The van der Waals surface area contributed by atoms with Gasteiger partial charge in [-0.2, -0.15) is 5.10 Å². The van der Waals surface area contributed by atoms with Gasteiger partial charge in [-0.05, 0) is 30.3 Å². The van der Waals surface area contributed by atoms with E-state index in [0.29, 0.717) is 11.2 Å². The Balaban J connectivity index is 1.72. The number of nitrogens with zero attached hydrogens (tertiary/aromatic N) is 3. The Morgan fingerprint density at radius 3 is 2.62 bits per heavy atom. The molecular formula is C20H13F3N4O2. The topological polar surface area (TPSA) is 69.0 Å². The van der Waals surface area contributed by atoms with Crippen LogP contribution in [0.5, 0.6) is 5.75 Å². The number of benzene rings is 2. The molecule has 1 amide bonds. The molecule has 6 nitrogen and oxygen atoms in total. The Labute approximate surface area is 162 Å². The van der Waals surface area contributed by atoms with Gasteiger partial charge in [-0.3, -0.25) is 9.78 Å². The second-order valence-corrected chi connectivity index (χ2v) is 6.01. The van der Waals surface area contributed by atoms with Gasteiger partial charge in [-0.25, -0.2) is 4.68 Å². The Bertz CT molecular complexity index is 1170. The Hall–Kier alpha value is -3.88. The van der Waals surface area contributed by atoms with Gasteiger partial charge in [0.1, 0.15) is 5.75 Å². The number of fused-ring (bicyclic) bond motifs is 1. The molecule has 0 aliphatic heterocycles. The molecule has 0 unspecified atom stereocenters. The molecule has 4 aromatic rings. The Morgan fingerprint density at radius 2 is 1.86 bits per heavy atom. The van der Waals surface area contributed by atoms with Crippen LogP contribution in [0.15, 0.2) is 73.2 Å². The molecule has 4 rings (SSSR count). The van der Waals surface area contributed by atoms with Gasteiger partial charge in [0.05, 0.1) is 22.5 Å². The van der Waals surface area contributed by atoms with Crippen LogP contribution in [-0.2, 0) is 0 Å². The molecule has 2 aromatic heterocycles. The normalized spacial score (nSPS) is 11.4. The van der Waals surface area contributed by atoms with Crippen molar-refractivity contribution in [2.24, 2.45) is 0 Å². The number of pyridine rings is 1. The summed E-state index contributed by atoms with van der Waals surface area (Å²) in [6.07, 6.45) is -0.271. The summed E-state index contributed by atoms with van der Waals surface area (Å²) in [5.41, 5.74) is 1.34. The van der Waals surface area contributed by atoms with Crippen LogP contribution >= 0.6 is 0 Å². The van der Waals surface area contributed by atoms with Crippen molar-refractivity contribution in [1.82, 2.24) is 14.8 Å². The summed E-state index contributed by atoms with van der Waals surface area (Å²) < 4.78 is 43.0. The van der Waals surface area contributed by atoms with Gasteiger partial charge in [0, 0.05) is 30.0 Å². The average Bonchev–Trinajstić information content (AvgIpc) is 3.21. The zero-order valence-electron chi connectivity index (χ0n) is 14.7. The minimum atomic E-state index is -4.85. The van der Waals surface area contributed by atoms with Crippen LogP contribution in [0, 0.1) is 0 Å². The number of anilines is 1. The highest BCUT2D eigenvalue weighted by atomic mass is 19.4. The van der Waals surface area contributed by atoms with E-state index in [-0.39, 0.29) is 11.3 Å². The summed E-state index contributed by atoms with van der Waals surface area (Å²) in [4.78, 5) is 17.2. The van der Waals surface area contributed by atoms with Crippen LogP contribution in [0.25, 0.3) is 16.6 Å². The first-order chi connectivity index (χ1) is 13.9. The lowest BCUT2D eigenvalue weighted by atomic mass is 10.1. The monoisotopic (exact) mass is 398 g/mol. The fourth-order valence-corrected chi connectivity index (χ4v) is 2.90. The van der Waals surface area contributed by atoms with Gasteiger partial charge >= 0.3 is 6.36 Å². The first-order valence-corrected chi connectivity index (χ1v) is 8.46. The number of ether oxygens (including phenoxy) is 1. The molecular weight excluding hydrogens is 385 g/mol. The third-order valence-electron chi connectivity index (χ3n) is 4.08. The molecule has 0 fully saturated rings. The van der Waals surface area contributed by atoms with E-state index in [9.17, 15) is 18.0 Å². The van der Waals surface area contributed by atoms with Crippen molar-refractivity contribution < 1.29 is 22.7 Å². The lowest BCUT2D eigenvalue weighted by molar-refractivity contribution is -0.274. The minimum absolute atomic E-state index is 0.121. The van der Waals surface area contributed by atoms with Crippen LogP contribution in [0.1, 0.15) is 10.4 Å². The quantitative estimate of drug-likeness (QED) is 0.547. The Kier molecular flexibility index (Phi) is 4.63. The molecule has 2 aromatic carbocycles. The number of hydrogen-bond donors (Lipinski definition) is 1. The fraction of sp³-hybridized carbons (Fsp3) is 0.0500. The lowest BCUT2D eigenvalue weighted by Gasteiger charge is -2.14. The minimum Gasteiger partial charge on any atom is -0.406 e. The summed E-state index contributed by atoms with van der Waals surface area (Å²) in [5.74, 6) is -0.974. The van der Waals surface area contributed by atoms with Crippen molar-refractivity contribution in [3.05, 3.63) is 78.8 Å². The molecule has 2 heterocycles. The largest absolute Gasteiger partial charge is 0.573 e. The van der Waals surface area contributed by atoms with E-state index in [4.69, 9.17) is 0 Å². The molecule has 0 bridgehead atoms. The van der Waals surface area contributed by atoms with E-state index in [1.807, 2.05) is 12.1 Å². The second kappa shape index (κ2) is 7.27. The van der Waals surface area contributed by atoms with Crippen LogP contribution in [-0.4, -0.2) is 27.0 Å². The van der Waals surface area contributed by atoms with Crippen molar-refractivity contribution >= 4 is 22.5 Å². The maximum Gasteiger partial charge on any atom is 0.573 e. The molecule has 9 heteroatoms. The number of rotatable bonds is 4. The number of carbonyl (C=O) groups is 1. The maximum absolute atomic E-state index is 12.9. The third-order valence-corrected chi connectivity index (χ3v) is 4.08. The Morgan fingerprint density at radius 1 is 1.03 bits per heavy atom. The molecule has 1 N–H and O–H groups in total. The van der Waals surface area contributed by atoms with E-state index in [1.54, 1.807) is 30.5 Å². The average molecular weight is 398 g/mol. The first kappa shape index (κ1) is 18.5. The third kappa shape index (κ3) is 4.03. The first-order valence-electron chi connectivity index (χ1n) is 8.46. The highest BCUT2D eigenvalue weighted by Gasteiger charge is 2.31. The number of carbonyl (C=O) groups excluding carboxylic acids is 1. The molecule has 0 saturated heterocycles. The summed E-state index contributed by atoms with van der Waals surface area (Å²) in [6, 6.07) is 14.0. The number of amides is 1. The van der Waals surface area contributed by atoms with Crippen molar-refractivity contribution in [2.75, 3.05) is 5.32 Å². The molecule has 0 radical (unpaired) electrons. The zero-order valence-corrected chi connectivity index (χ0v) is 14.7. The number of hydrogen-bond acceptors (Lipinski definition) is 4. The summed E-state index contributed by atoms with van der Waals surface area (Å²) in [7, 11) is 0. The van der Waals surface area contributed by atoms with Gasteiger partial charge in [0.25, 0.3) is 5.91 Å². The van der Waals surface area contributed by atoms with Crippen molar-refractivity contribution in [3.8, 4) is 11.4 Å². The fourth-order valence-electron chi connectivity index (χ4n) is 2.90. The van der Waals surface area contributed by atoms with Gasteiger partial charge in [-0.15, -0.1) is 13.2 Å².